The number of rotatable bonds is 3. The van der Waals surface area contributed by atoms with E-state index in [1.807, 2.05) is 0 Å². The molecule has 0 fully saturated rings. The van der Waals surface area contributed by atoms with Crippen molar-refractivity contribution in [1.29, 1.82) is 0 Å². The summed E-state index contributed by atoms with van der Waals surface area (Å²) in [5, 5.41) is 14.0. The third-order valence-electron chi connectivity index (χ3n) is 1.86. The Labute approximate surface area is 95.1 Å². The fourth-order valence-electron chi connectivity index (χ4n) is 1.00. The van der Waals surface area contributed by atoms with Gasteiger partial charge in [0, 0.05) is 4.47 Å². The molecule has 0 saturated carbocycles. The standard InChI is InChI=1S/C9H11BrFN3O/c1-5(9(12)14-15)13-8-3-2-6(10)4-7(8)11/h2-5,13,15H,1H3,(H2,12,14). The van der Waals surface area contributed by atoms with Gasteiger partial charge >= 0.3 is 0 Å². The summed E-state index contributed by atoms with van der Waals surface area (Å²) in [4.78, 5) is 0. The van der Waals surface area contributed by atoms with Crippen LogP contribution in [0.5, 0.6) is 0 Å². The predicted molar refractivity (Wildman–Crippen MR) is 60.6 cm³/mol. The van der Waals surface area contributed by atoms with Gasteiger partial charge in [-0.3, -0.25) is 0 Å². The van der Waals surface area contributed by atoms with Gasteiger partial charge in [-0.2, -0.15) is 0 Å². The molecule has 0 amide bonds. The van der Waals surface area contributed by atoms with Crippen LogP contribution < -0.4 is 11.1 Å². The van der Waals surface area contributed by atoms with Crippen LogP contribution in [0.3, 0.4) is 0 Å². The maximum atomic E-state index is 13.3. The van der Waals surface area contributed by atoms with Crippen LogP contribution in [0.4, 0.5) is 10.1 Å². The number of amidine groups is 1. The lowest BCUT2D eigenvalue weighted by Gasteiger charge is -2.14. The number of hydrogen-bond acceptors (Lipinski definition) is 3. The van der Waals surface area contributed by atoms with Gasteiger partial charge in [0.1, 0.15) is 5.82 Å². The zero-order valence-corrected chi connectivity index (χ0v) is 9.62. The first-order chi connectivity index (χ1) is 7.04. The van der Waals surface area contributed by atoms with Crippen molar-refractivity contribution in [1.82, 2.24) is 0 Å². The highest BCUT2D eigenvalue weighted by molar-refractivity contribution is 9.10. The number of anilines is 1. The molecule has 0 aliphatic carbocycles. The Morgan fingerprint density at radius 2 is 2.33 bits per heavy atom. The fourth-order valence-corrected chi connectivity index (χ4v) is 1.33. The molecular formula is C9H11BrFN3O. The number of nitrogens with zero attached hydrogens (tertiary/aromatic N) is 1. The third-order valence-corrected chi connectivity index (χ3v) is 2.36. The maximum absolute atomic E-state index is 13.3. The van der Waals surface area contributed by atoms with E-state index in [9.17, 15) is 4.39 Å². The first-order valence-electron chi connectivity index (χ1n) is 4.23. The number of halogens is 2. The predicted octanol–water partition coefficient (Wildman–Crippen LogP) is 2.13. The molecule has 0 aromatic heterocycles. The van der Waals surface area contributed by atoms with Gasteiger partial charge < -0.3 is 16.3 Å². The van der Waals surface area contributed by atoms with Gasteiger partial charge in [-0.25, -0.2) is 4.39 Å². The van der Waals surface area contributed by atoms with Crippen LogP contribution in [0, 0.1) is 5.82 Å². The van der Waals surface area contributed by atoms with Gasteiger partial charge in [0.15, 0.2) is 5.84 Å². The topological polar surface area (TPSA) is 70.6 Å². The normalized spacial score (nSPS) is 13.7. The van der Waals surface area contributed by atoms with E-state index in [1.165, 1.54) is 6.07 Å². The summed E-state index contributed by atoms with van der Waals surface area (Å²) in [6.45, 7) is 1.66. The minimum Gasteiger partial charge on any atom is -0.409 e. The SMILES string of the molecule is CC(Nc1ccc(Br)cc1F)C(N)=NO. The third kappa shape index (κ3) is 3.09. The van der Waals surface area contributed by atoms with Gasteiger partial charge in [-0.05, 0) is 25.1 Å². The summed E-state index contributed by atoms with van der Waals surface area (Å²) < 4.78 is 14.0. The Kier molecular flexibility index (Phi) is 3.90. The molecule has 1 rings (SSSR count). The van der Waals surface area contributed by atoms with Crippen LogP contribution in [-0.4, -0.2) is 17.1 Å². The minimum absolute atomic E-state index is 0.00248. The lowest BCUT2D eigenvalue weighted by Crippen LogP contribution is -2.33. The van der Waals surface area contributed by atoms with Crippen LogP contribution in [-0.2, 0) is 0 Å². The Morgan fingerprint density at radius 3 is 2.87 bits per heavy atom. The highest BCUT2D eigenvalue weighted by Crippen LogP contribution is 2.19. The molecular weight excluding hydrogens is 265 g/mol. The first-order valence-corrected chi connectivity index (χ1v) is 5.03. The summed E-state index contributed by atoms with van der Waals surface area (Å²) in [5.74, 6) is -0.403. The van der Waals surface area contributed by atoms with E-state index >= 15 is 0 Å². The van der Waals surface area contributed by atoms with Crippen LogP contribution in [0.25, 0.3) is 0 Å². The first kappa shape index (κ1) is 11.8. The van der Waals surface area contributed by atoms with Gasteiger partial charge in [-0.15, -0.1) is 0 Å². The van der Waals surface area contributed by atoms with Crippen molar-refractivity contribution in [3.8, 4) is 0 Å². The van der Waals surface area contributed by atoms with Crippen LogP contribution in [0.1, 0.15) is 6.92 Å². The lowest BCUT2D eigenvalue weighted by atomic mass is 10.2. The Balaban J connectivity index is 2.81. The number of benzene rings is 1. The zero-order chi connectivity index (χ0) is 11.4. The highest BCUT2D eigenvalue weighted by atomic mass is 79.9. The number of oxime groups is 1. The second-order valence-corrected chi connectivity index (χ2v) is 3.93. The Bertz CT molecular complexity index is 384. The van der Waals surface area contributed by atoms with Gasteiger partial charge in [0.05, 0.1) is 11.7 Å². The van der Waals surface area contributed by atoms with Gasteiger partial charge in [0.25, 0.3) is 0 Å². The average Bonchev–Trinajstić information content (AvgIpc) is 2.20. The maximum Gasteiger partial charge on any atom is 0.161 e. The number of nitrogens with one attached hydrogen (secondary N) is 1. The summed E-state index contributed by atoms with van der Waals surface area (Å²) >= 11 is 3.15. The Morgan fingerprint density at radius 1 is 1.67 bits per heavy atom. The quantitative estimate of drug-likeness (QED) is 0.343. The van der Waals surface area contributed by atoms with E-state index in [0.717, 1.165) is 0 Å². The van der Waals surface area contributed by atoms with E-state index in [1.54, 1.807) is 19.1 Å². The molecule has 82 valence electrons. The zero-order valence-electron chi connectivity index (χ0n) is 8.04. The fraction of sp³-hybridized carbons (Fsp3) is 0.222. The molecule has 6 heteroatoms. The average molecular weight is 276 g/mol. The van der Waals surface area contributed by atoms with E-state index in [-0.39, 0.29) is 5.84 Å². The molecule has 0 aliphatic rings. The van der Waals surface area contributed by atoms with Crippen molar-refractivity contribution < 1.29 is 9.60 Å². The lowest BCUT2D eigenvalue weighted by molar-refractivity contribution is 0.316. The van der Waals surface area contributed by atoms with E-state index in [2.05, 4.69) is 26.4 Å². The van der Waals surface area contributed by atoms with Crippen molar-refractivity contribution in [3.63, 3.8) is 0 Å². The van der Waals surface area contributed by atoms with Crippen molar-refractivity contribution in [2.24, 2.45) is 10.9 Å². The molecule has 4 nitrogen and oxygen atoms in total. The van der Waals surface area contributed by atoms with Crippen molar-refractivity contribution in [2.75, 3.05) is 5.32 Å². The number of nitrogens with two attached hydrogens (primary N) is 1. The smallest absolute Gasteiger partial charge is 0.161 e. The molecule has 0 spiro atoms. The van der Waals surface area contributed by atoms with Crippen molar-refractivity contribution in [3.05, 3.63) is 28.5 Å². The van der Waals surface area contributed by atoms with E-state index in [0.29, 0.717) is 10.2 Å². The highest BCUT2D eigenvalue weighted by Gasteiger charge is 2.10. The molecule has 0 heterocycles. The molecule has 0 saturated heterocycles. The molecule has 1 aromatic carbocycles. The van der Waals surface area contributed by atoms with Crippen LogP contribution in [0.15, 0.2) is 27.8 Å². The van der Waals surface area contributed by atoms with Crippen molar-refractivity contribution in [2.45, 2.75) is 13.0 Å². The molecule has 0 radical (unpaired) electrons. The number of hydrogen-bond donors (Lipinski definition) is 3. The van der Waals surface area contributed by atoms with Crippen molar-refractivity contribution >= 4 is 27.5 Å². The van der Waals surface area contributed by atoms with Gasteiger partial charge in [0.2, 0.25) is 0 Å². The van der Waals surface area contributed by atoms with E-state index in [4.69, 9.17) is 10.9 Å². The molecule has 1 unspecified atom stereocenters. The summed E-state index contributed by atoms with van der Waals surface area (Å²) in [5.41, 5.74) is 5.65. The molecule has 0 bridgehead atoms. The summed E-state index contributed by atoms with van der Waals surface area (Å²) in [6, 6.07) is 4.16. The van der Waals surface area contributed by atoms with E-state index < -0.39 is 11.9 Å². The molecule has 0 aliphatic heterocycles. The monoisotopic (exact) mass is 275 g/mol. The van der Waals surface area contributed by atoms with Crippen LogP contribution >= 0.6 is 15.9 Å². The second kappa shape index (κ2) is 4.97. The molecule has 15 heavy (non-hydrogen) atoms. The molecule has 1 atom stereocenters. The van der Waals surface area contributed by atoms with Gasteiger partial charge in [-0.1, -0.05) is 21.1 Å². The second-order valence-electron chi connectivity index (χ2n) is 3.02. The Hall–Kier alpha value is -1.30. The molecule has 1 aromatic rings. The summed E-state index contributed by atoms with van der Waals surface area (Å²) in [7, 11) is 0. The van der Waals surface area contributed by atoms with Crippen LogP contribution in [0.2, 0.25) is 0 Å². The minimum atomic E-state index is -0.439. The molecule has 4 N–H and O–H groups in total. The largest absolute Gasteiger partial charge is 0.409 e. The summed E-state index contributed by atoms with van der Waals surface area (Å²) in [6.07, 6.45) is 0.